The maximum absolute atomic E-state index is 6.30. The summed E-state index contributed by atoms with van der Waals surface area (Å²) in [6.07, 6.45) is 9.49. The number of anilines is 1. The number of fused-ring (bicyclic) bond motifs is 3. The Balaban J connectivity index is 1.34. The Hall–Kier alpha value is -2.18. The molecule has 1 unspecified atom stereocenters. The highest BCUT2D eigenvalue weighted by molar-refractivity contribution is 5.53. The SMILES string of the molecule is CN1CCC[C@H]1COc1nc2c(c(N3CCNCC3)n1)CCC1(CCCc3ccccc31)C2. The van der Waals surface area contributed by atoms with Crippen molar-refractivity contribution < 1.29 is 4.74 Å². The van der Waals surface area contributed by atoms with Crippen LogP contribution in [0.1, 0.15) is 54.5 Å². The topological polar surface area (TPSA) is 53.5 Å². The number of ether oxygens (including phenoxy) is 1. The van der Waals surface area contributed by atoms with E-state index in [4.69, 9.17) is 14.7 Å². The van der Waals surface area contributed by atoms with E-state index >= 15 is 0 Å². The molecule has 0 radical (unpaired) electrons. The Bertz CT molecular complexity index is 1000. The molecule has 1 aromatic heterocycles. The number of aryl methyl sites for hydroxylation is 1. The Morgan fingerprint density at radius 1 is 1.06 bits per heavy atom. The van der Waals surface area contributed by atoms with E-state index in [1.807, 2.05) is 0 Å². The fourth-order valence-corrected chi connectivity index (χ4v) is 6.68. The highest BCUT2D eigenvalue weighted by Gasteiger charge is 2.41. The van der Waals surface area contributed by atoms with Crippen LogP contribution in [0.15, 0.2) is 24.3 Å². The summed E-state index contributed by atoms with van der Waals surface area (Å²) in [6.45, 7) is 5.88. The predicted molar refractivity (Wildman–Crippen MR) is 131 cm³/mol. The quantitative estimate of drug-likeness (QED) is 0.777. The first-order valence-electron chi connectivity index (χ1n) is 13.0. The van der Waals surface area contributed by atoms with Crippen LogP contribution in [-0.4, -0.2) is 67.3 Å². The van der Waals surface area contributed by atoms with Gasteiger partial charge in [-0.1, -0.05) is 24.3 Å². The Morgan fingerprint density at radius 3 is 2.79 bits per heavy atom. The van der Waals surface area contributed by atoms with Crippen LogP contribution in [-0.2, 0) is 24.7 Å². The molecule has 2 aliphatic heterocycles. The predicted octanol–water partition coefficient (Wildman–Crippen LogP) is 3.12. The van der Waals surface area contributed by atoms with Crippen LogP contribution in [0.2, 0.25) is 0 Å². The van der Waals surface area contributed by atoms with Gasteiger partial charge in [0.1, 0.15) is 12.4 Å². The summed E-state index contributed by atoms with van der Waals surface area (Å²) in [5, 5.41) is 3.48. The van der Waals surface area contributed by atoms with Gasteiger partial charge in [0, 0.05) is 43.2 Å². The highest BCUT2D eigenvalue weighted by Crippen LogP contribution is 2.47. The molecule has 0 bridgehead atoms. The van der Waals surface area contributed by atoms with Gasteiger partial charge in [0.05, 0.1) is 5.69 Å². The molecule has 2 fully saturated rings. The smallest absolute Gasteiger partial charge is 0.318 e. The first-order valence-corrected chi connectivity index (χ1v) is 13.0. The zero-order chi connectivity index (χ0) is 22.3. The van der Waals surface area contributed by atoms with Crippen LogP contribution >= 0.6 is 0 Å². The van der Waals surface area contributed by atoms with Crippen LogP contribution in [0.5, 0.6) is 6.01 Å². The number of aromatic nitrogens is 2. The molecule has 2 saturated heterocycles. The number of nitrogens with zero attached hydrogens (tertiary/aromatic N) is 4. The number of rotatable bonds is 4. The van der Waals surface area contributed by atoms with Crippen molar-refractivity contribution in [2.75, 3.05) is 51.3 Å². The maximum Gasteiger partial charge on any atom is 0.318 e. The molecule has 6 heteroatoms. The number of likely N-dealkylation sites (tertiary alicyclic amines) is 1. The van der Waals surface area contributed by atoms with Gasteiger partial charge in [-0.15, -0.1) is 0 Å². The van der Waals surface area contributed by atoms with Crippen molar-refractivity contribution in [3.05, 3.63) is 46.6 Å². The van der Waals surface area contributed by atoms with Crippen LogP contribution in [0.4, 0.5) is 5.82 Å². The van der Waals surface area contributed by atoms with Crippen LogP contribution < -0.4 is 15.0 Å². The minimum absolute atomic E-state index is 0.222. The van der Waals surface area contributed by atoms with Gasteiger partial charge < -0.3 is 19.9 Å². The number of nitrogens with one attached hydrogen (secondary N) is 1. The molecule has 2 aromatic rings. The lowest BCUT2D eigenvalue weighted by Crippen LogP contribution is -2.45. The van der Waals surface area contributed by atoms with E-state index in [0.29, 0.717) is 18.7 Å². The lowest BCUT2D eigenvalue weighted by atomic mass is 9.62. The third-order valence-corrected chi connectivity index (χ3v) is 8.59. The molecule has 2 aliphatic carbocycles. The first kappa shape index (κ1) is 21.4. The summed E-state index contributed by atoms with van der Waals surface area (Å²) >= 11 is 0. The normalized spacial score (nSPS) is 27.4. The van der Waals surface area contributed by atoms with E-state index in [0.717, 1.165) is 51.4 Å². The van der Waals surface area contributed by atoms with Gasteiger partial charge in [-0.25, -0.2) is 0 Å². The van der Waals surface area contributed by atoms with Crippen molar-refractivity contribution in [3.8, 4) is 6.01 Å². The van der Waals surface area contributed by atoms with E-state index in [-0.39, 0.29) is 5.41 Å². The number of hydrogen-bond donors (Lipinski definition) is 1. The van der Waals surface area contributed by atoms with Gasteiger partial charge in [0.15, 0.2) is 0 Å². The van der Waals surface area contributed by atoms with E-state index in [2.05, 4.69) is 46.4 Å². The van der Waals surface area contributed by atoms with Crippen molar-refractivity contribution in [1.29, 1.82) is 0 Å². The average Bonchev–Trinajstić information content (AvgIpc) is 3.27. The zero-order valence-electron chi connectivity index (χ0n) is 20.0. The van der Waals surface area contributed by atoms with Gasteiger partial charge >= 0.3 is 6.01 Å². The lowest BCUT2D eigenvalue weighted by molar-refractivity contribution is 0.186. The Labute approximate surface area is 197 Å². The summed E-state index contributed by atoms with van der Waals surface area (Å²) in [5.41, 5.74) is 5.94. The van der Waals surface area contributed by atoms with Gasteiger partial charge in [0.25, 0.3) is 0 Å². The first-order chi connectivity index (χ1) is 16.2. The fraction of sp³-hybridized carbons (Fsp3) is 0.630. The molecule has 33 heavy (non-hydrogen) atoms. The maximum atomic E-state index is 6.30. The monoisotopic (exact) mass is 447 g/mol. The van der Waals surface area contributed by atoms with Crippen molar-refractivity contribution in [2.45, 2.75) is 62.8 Å². The number of likely N-dealkylation sites (N-methyl/N-ethyl adjacent to an activating group) is 1. The molecule has 6 nitrogen and oxygen atoms in total. The van der Waals surface area contributed by atoms with Crippen molar-refractivity contribution in [1.82, 2.24) is 20.2 Å². The molecule has 3 heterocycles. The molecule has 0 amide bonds. The molecule has 4 aliphatic rings. The van der Waals surface area contributed by atoms with E-state index in [1.54, 1.807) is 11.1 Å². The van der Waals surface area contributed by atoms with Crippen molar-refractivity contribution >= 4 is 5.82 Å². The van der Waals surface area contributed by atoms with Crippen LogP contribution in [0.25, 0.3) is 0 Å². The number of hydrogen-bond acceptors (Lipinski definition) is 6. The minimum Gasteiger partial charge on any atom is -0.462 e. The summed E-state index contributed by atoms with van der Waals surface area (Å²) in [5.74, 6) is 1.13. The van der Waals surface area contributed by atoms with Crippen molar-refractivity contribution in [2.24, 2.45) is 0 Å². The molecule has 0 saturated carbocycles. The second kappa shape index (κ2) is 8.88. The standard InChI is InChI=1S/C27H37N5O/c1-31-15-5-8-21(31)19-33-26-29-24-18-27(11-4-7-20-6-2-3-9-23(20)27)12-10-22(24)25(30-26)32-16-13-28-14-17-32/h2-3,6,9,21,28H,4-5,7-8,10-19H2,1H3/t21-,27?/m0/s1. The summed E-state index contributed by atoms with van der Waals surface area (Å²) in [6, 6.07) is 10.2. The average molecular weight is 448 g/mol. The molecular weight excluding hydrogens is 410 g/mol. The zero-order valence-corrected chi connectivity index (χ0v) is 20.0. The molecule has 2 atom stereocenters. The summed E-state index contributed by atoms with van der Waals surface area (Å²) in [4.78, 5) is 15.0. The third-order valence-electron chi connectivity index (χ3n) is 8.59. The molecule has 1 aromatic carbocycles. The largest absolute Gasteiger partial charge is 0.462 e. The van der Waals surface area contributed by atoms with Crippen molar-refractivity contribution in [3.63, 3.8) is 0 Å². The van der Waals surface area contributed by atoms with Crippen LogP contribution in [0.3, 0.4) is 0 Å². The second-order valence-electron chi connectivity index (χ2n) is 10.5. The van der Waals surface area contributed by atoms with E-state index < -0.39 is 0 Å². The Morgan fingerprint density at radius 2 is 1.94 bits per heavy atom. The lowest BCUT2D eigenvalue weighted by Gasteiger charge is -2.43. The summed E-state index contributed by atoms with van der Waals surface area (Å²) in [7, 11) is 2.20. The van der Waals surface area contributed by atoms with E-state index in [1.165, 1.54) is 49.8 Å². The molecular formula is C27H37N5O. The minimum atomic E-state index is 0.222. The third kappa shape index (κ3) is 4.01. The number of piperazine rings is 1. The van der Waals surface area contributed by atoms with Gasteiger partial charge in [-0.05, 0) is 76.1 Å². The van der Waals surface area contributed by atoms with Crippen LogP contribution in [0, 0.1) is 0 Å². The Kier molecular flexibility index (Phi) is 5.75. The van der Waals surface area contributed by atoms with Gasteiger partial charge in [-0.2, -0.15) is 9.97 Å². The van der Waals surface area contributed by atoms with Gasteiger partial charge in [0.2, 0.25) is 0 Å². The molecule has 1 spiro atoms. The molecule has 6 rings (SSSR count). The number of benzene rings is 1. The fourth-order valence-electron chi connectivity index (χ4n) is 6.68. The highest BCUT2D eigenvalue weighted by atomic mass is 16.5. The van der Waals surface area contributed by atoms with E-state index in [9.17, 15) is 0 Å². The summed E-state index contributed by atoms with van der Waals surface area (Å²) < 4.78 is 6.30. The molecule has 1 N–H and O–H groups in total. The second-order valence-corrected chi connectivity index (χ2v) is 10.5. The van der Waals surface area contributed by atoms with Gasteiger partial charge in [-0.3, -0.25) is 0 Å². The molecule has 176 valence electrons.